The maximum atomic E-state index is 11.9. The minimum atomic E-state index is -0.0868. The highest BCUT2D eigenvalue weighted by Gasteiger charge is 2.12. The Balaban J connectivity index is 2.62. The molecule has 17 heavy (non-hydrogen) atoms. The molecule has 3 N–H and O–H groups in total. The topological polar surface area (TPSA) is 79.5 Å². The van der Waals surface area contributed by atoms with Gasteiger partial charge in [0.2, 0.25) is 5.91 Å². The van der Waals surface area contributed by atoms with Gasteiger partial charge in [0, 0.05) is 18.8 Å². The zero-order valence-corrected chi connectivity index (χ0v) is 9.67. The van der Waals surface area contributed by atoms with E-state index in [1.807, 2.05) is 0 Å². The number of nitrogens with two attached hydrogens (primary N) is 1. The van der Waals surface area contributed by atoms with Crippen molar-refractivity contribution in [1.82, 2.24) is 9.88 Å². The molecule has 1 aromatic heterocycles. The Kier molecular flexibility index (Phi) is 5.16. The number of nitrogens with zero attached hydrogens (tertiary/aromatic N) is 2. The number of hydrogen-bond acceptors (Lipinski definition) is 4. The van der Waals surface area contributed by atoms with Crippen molar-refractivity contribution in [3.63, 3.8) is 0 Å². The molecule has 1 aromatic rings. The second-order valence-electron chi connectivity index (χ2n) is 3.61. The minimum absolute atomic E-state index is 0.0608. The molecule has 92 valence electrons. The van der Waals surface area contributed by atoms with Crippen LogP contribution in [0.15, 0.2) is 31.0 Å². The van der Waals surface area contributed by atoms with Crippen LogP contribution in [0.1, 0.15) is 5.69 Å². The Morgan fingerprint density at radius 1 is 1.59 bits per heavy atom. The second-order valence-corrected chi connectivity index (χ2v) is 3.61. The SMILES string of the molecule is C=CCN(CCO)C(=O)Cc1ccc(N)cn1. The number of pyridine rings is 1. The minimum Gasteiger partial charge on any atom is -0.397 e. The molecule has 5 heteroatoms. The number of anilines is 1. The number of aliphatic hydroxyl groups is 1. The molecular formula is C12H17N3O2. The molecule has 0 saturated carbocycles. The lowest BCUT2D eigenvalue weighted by Gasteiger charge is -2.19. The number of aliphatic hydroxyl groups excluding tert-OH is 1. The van der Waals surface area contributed by atoms with Crippen LogP contribution in [0.4, 0.5) is 5.69 Å². The fraction of sp³-hybridized carbons (Fsp3) is 0.333. The molecule has 0 aromatic carbocycles. The standard InChI is InChI=1S/C12H17N3O2/c1-2-5-15(6-7-16)12(17)8-11-4-3-10(13)9-14-11/h2-4,9,16H,1,5-8,13H2. The van der Waals surface area contributed by atoms with E-state index in [0.717, 1.165) is 0 Å². The van der Waals surface area contributed by atoms with Crippen molar-refractivity contribution in [3.8, 4) is 0 Å². The van der Waals surface area contributed by atoms with Gasteiger partial charge in [-0.2, -0.15) is 0 Å². The Morgan fingerprint density at radius 3 is 2.88 bits per heavy atom. The van der Waals surface area contributed by atoms with Crippen LogP contribution >= 0.6 is 0 Å². The van der Waals surface area contributed by atoms with Crippen molar-refractivity contribution in [2.75, 3.05) is 25.4 Å². The van der Waals surface area contributed by atoms with E-state index in [2.05, 4.69) is 11.6 Å². The van der Waals surface area contributed by atoms with Crippen LogP contribution in [-0.4, -0.2) is 40.6 Å². The second kappa shape index (κ2) is 6.65. The van der Waals surface area contributed by atoms with Crippen molar-refractivity contribution in [2.24, 2.45) is 0 Å². The third-order valence-corrected chi connectivity index (χ3v) is 2.25. The summed E-state index contributed by atoms with van der Waals surface area (Å²) < 4.78 is 0. The zero-order chi connectivity index (χ0) is 12.7. The molecule has 0 bridgehead atoms. The van der Waals surface area contributed by atoms with E-state index >= 15 is 0 Å². The van der Waals surface area contributed by atoms with Gasteiger partial charge in [0.25, 0.3) is 0 Å². The van der Waals surface area contributed by atoms with Crippen LogP contribution in [0.3, 0.4) is 0 Å². The zero-order valence-electron chi connectivity index (χ0n) is 9.67. The fourth-order valence-electron chi connectivity index (χ4n) is 1.40. The van der Waals surface area contributed by atoms with Crippen LogP contribution in [0.5, 0.6) is 0 Å². The Hall–Kier alpha value is -1.88. The quantitative estimate of drug-likeness (QED) is 0.691. The number of carbonyl (C=O) groups is 1. The van der Waals surface area contributed by atoms with Crippen LogP contribution in [-0.2, 0) is 11.2 Å². The highest BCUT2D eigenvalue weighted by Crippen LogP contribution is 2.04. The van der Waals surface area contributed by atoms with Gasteiger partial charge in [-0.15, -0.1) is 6.58 Å². The van der Waals surface area contributed by atoms with Crippen molar-refractivity contribution in [3.05, 3.63) is 36.7 Å². The van der Waals surface area contributed by atoms with E-state index in [9.17, 15) is 4.79 Å². The molecule has 0 atom stereocenters. The van der Waals surface area contributed by atoms with Crippen LogP contribution in [0, 0.1) is 0 Å². The van der Waals surface area contributed by atoms with E-state index in [0.29, 0.717) is 24.5 Å². The van der Waals surface area contributed by atoms with E-state index < -0.39 is 0 Å². The first kappa shape index (κ1) is 13.2. The molecule has 1 heterocycles. The molecule has 0 saturated heterocycles. The first-order valence-electron chi connectivity index (χ1n) is 5.37. The normalized spacial score (nSPS) is 9.94. The number of rotatable bonds is 6. The number of carbonyl (C=O) groups excluding carboxylic acids is 1. The van der Waals surface area contributed by atoms with Crippen molar-refractivity contribution in [2.45, 2.75) is 6.42 Å². The third kappa shape index (κ3) is 4.24. The number of aromatic nitrogens is 1. The number of nitrogen functional groups attached to an aromatic ring is 1. The van der Waals surface area contributed by atoms with Gasteiger partial charge in [-0.25, -0.2) is 0 Å². The van der Waals surface area contributed by atoms with Crippen LogP contribution in [0.2, 0.25) is 0 Å². The number of hydrogen-bond donors (Lipinski definition) is 2. The van der Waals surface area contributed by atoms with Gasteiger partial charge in [0.05, 0.1) is 24.9 Å². The molecule has 0 radical (unpaired) electrons. The summed E-state index contributed by atoms with van der Waals surface area (Å²) in [5.74, 6) is -0.0868. The summed E-state index contributed by atoms with van der Waals surface area (Å²) >= 11 is 0. The Morgan fingerprint density at radius 2 is 2.35 bits per heavy atom. The average Bonchev–Trinajstić information content (AvgIpc) is 2.32. The summed E-state index contributed by atoms with van der Waals surface area (Å²) in [4.78, 5) is 17.5. The van der Waals surface area contributed by atoms with Gasteiger partial charge in [-0.05, 0) is 12.1 Å². The molecule has 0 aliphatic heterocycles. The largest absolute Gasteiger partial charge is 0.397 e. The van der Waals surface area contributed by atoms with E-state index in [4.69, 9.17) is 10.8 Å². The predicted molar refractivity (Wildman–Crippen MR) is 66.2 cm³/mol. The Labute approximate surface area is 101 Å². The molecule has 0 fully saturated rings. The third-order valence-electron chi connectivity index (χ3n) is 2.25. The highest BCUT2D eigenvalue weighted by atomic mass is 16.3. The monoisotopic (exact) mass is 235 g/mol. The fourth-order valence-corrected chi connectivity index (χ4v) is 1.40. The average molecular weight is 235 g/mol. The molecular weight excluding hydrogens is 218 g/mol. The Bertz CT molecular complexity index is 376. The van der Waals surface area contributed by atoms with Crippen molar-refractivity contribution >= 4 is 11.6 Å². The molecule has 0 aliphatic carbocycles. The van der Waals surface area contributed by atoms with Gasteiger partial charge in [0.15, 0.2) is 0 Å². The predicted octanol–water partition coefficient (Wildman–Crippen LogP) is 0.213. The summed E-state index contributed by atoms with van der Waals surface area (Å²) in [5, 5.41) is 8.85. The lowest BCUT2D eigenvalue weighted by atomic mass is 10.2. The molecule has 1 rings (SSSR count). The maximum Gasteiger partial charge on any atom is 0.228 e. The molecule has 5 nitrogen and oxygen atoms in total. The van der Waals surface area contributed by atoms with Crippen molar-refractivity contribution < 1.29 is 9.90 Å². The first-order valence-corrected chi connectivity index (χ1v) is 5.37. The molecule has 0 spiro atoms. The lowest BCUT2D eigenvalue weighted by Crippen LogP contribution is -2.35. The van der Waals surface area contributed by atoms with Gasteiger partial charge in [0.1, 0.15) is 0 Å². The van der Waals surface area contributed by atoms with Gasteiger partial charge >= 0.3 is 0 Å². The summed E-state index contributed by atoms with van der Waals surface area (Å²) in [6.07, 6.45) is 3.35. The van der Waals surface area contributed by atoms with Crippen molar-refractivity contribution in [1.29, 1.82) is 0 Å². The molecule has 1 amide bonds. The summed E-state index contributed by atoms with van der Waals surface area (Å²) in [6, 6.07) is 3.43. The first-order chi connectivity index (χ1) is 8.17. The molecule has 0 aliphatic rings. The van der Waals surface area contributed by atoms with E-state index in [1.165, 1.54) is 11.1 Å². The highest BCUT2D eigenvalue weighted by molar-refractivity contribution is 5.78. The van der Waals surface area contributed by atoms with Crippen LogP contribution < -0.4 is 5.73 Å². The molecule has 0 unspecified atom stereocenters. The lowest BCUT2D eigenvalue weighted by molar-refractivity contribution is -0.130. The van der Waals surface area contributed by atoms with Gasteiger partial charge in [-0.3, -0.25) is 9.78 Å². The van der Waals surface area contributed by atoms with E-state index in [1.54, 1.807) is 18.2 Å². The van der Waals surface area contributed by atoms with Gasteiger partial charge in [-0.1, -0.05) is 6.08 Å². The summed E-state index contributed by atoms with van der Waals surface area (Å²) in [6.45, 7) is 4.25. The maximum absolute atomic E-state index is 11.9. The van der Waals surface area contributed by atoms with Gasteiger partial charge < -0.3 is 15.7 Å². The van der Waals surface area contributed by atoms with E-state index in [-0.39, 0.29) is 18.9 Å². The smallest absolute Gasteiger partial charge is 0.228 e. The summed E-state index contributed by atoms with van der Waals surface area (Å²) in [5.41, 5.74) is 6.74. The number of amides is 1. The van der Waals surface area contributed by atoms with Crippen LogP contribution in [0.25, 0.3) is 0 Å². The summed E-state index contributed by atoms with van der Waals surface area (Å²) in [7, 11) is 0.